The fourth-order valence-corrected chi connectivity index (χ4v) is 2.48. The number of phenolic OH excluding ortho intramolecular Hbond substituents is 1. The molecule has 0 radical (unpaired) electrons. The Kier molecular flexibility index (Phi) is 2.63. The van der Waals surface area contributed by atoms with Gasteiger partial charge in [-0.15, -0.1) is 0 Å². The van der Waals surface area contributed by atoms with Crippen molar-refractivity contribution in [1.29, 1.82) is 1.43 Å². The normalized spacial score (nSPS) is 38.4. The van der Waals surface area contributed by atoms with E-state index in [1.807, 2.05) is 14.1 Å². The zero-order valence-electron chi connectivity index (χ0n) is 14.9. The molecule has 18 heavy (non-hydrogen) atoms. The summed E-state index contributed by atoms with van der Waals surface area (Å²) in [5, 5.41) is 15.8. The van der Waals surface area contributed by atoms with Gasteiger partial charge in [0.05, 0.1) is 5.60 Å². The predicted molar refractivity (Wildman–Crippen MR) is 72.5 cm³/mol. The largest absolute Gasteiger partial charge is 0.508 e. The van der Waals surface area contributed by atoms with E-state index < -0.39 is 17.9 Å². The molecule has 1 saturated carbocycles. The smallest absolute Gasteiger partial charge is 0.293 e. The van der Waals surface area contributed by atoms with Gasteiger partial charge in [-0.1, -0.05) is 25.0 Å². The van der Waals surface area contributed by atoms with E-state index in [1.165, 1.54) is 6.07 Å². The van der Waals surface area contributed by atoms with Crippen LogP contribution >= 0.6 is 0 Å². The third-order valence-electron chi connectivity index (χ3n) is 3.31. The van der Waals surface area contributed by atoms with Gasteiger partial charge in [0, 0.05) is 16.6 Å². The van der Waals surface area contributed by atoms with Crippen molar-refractivity contribution in [2.75, 3.05) is 20.6 Å². The highest BCUT2D eigenvalue weighted by Crippen LogP contribution is 2.42. The summed E-state index contributed by atoms with van der Waals surface area (Å²) >= 11 is 0. The first-order chi connectivity index (χ1) is 10.2. The second kappa shape index (κ2) is 5.29. The van der Waals surface area contributed by atoms with Crippen molar-refractivity contribution in [3.8, 4) is 5.75 Å². The quantitative estimate of drug-likeness (QED) is 0.865. The van der Waals surface area contributed by atoms with Gasteiger partial charge in [-0.05, 0) is 44.6 Å². The number of benzene rings is 1. The van der Waals surface area contributed by atoms with Crippen LogP contribution in [-0.4, -0.2) is 37.2 Å². The van der Waals surface area contributed by atoms with Crippen LogP contribution in [0.3, 0.4) is 0 Å². The lowest BCUT2D eigenvalue weighted by atomic mass is 9.71. The summed E-state index contributed by atoms with van der Waals surface area (Å²) in [5.74, 6) is -1.15. The number of aliphatic hydroxyl groups is 1. The van der Waals surface area contributed by atoms with Crippen molar-refractivity contribution in [2.24, 2.45) is 5.89 Å². The summed E-state index contributed by atoms with van der Waals surface area (Å²) in [4.78, 5) is 1.80. The van der Waals surface area contributed by atoms with Gasteiger partial charge in [-0.3, -0.25) is 0 Å². The van der Waals surface area contributed by atoms with Gasteiger partial charge in [-0.25, -0.2) is 0 Å². The molecule has 1 aromatic carbocycles. The molecule has 0 amide bonds. The minimum absolute atomic E-state index is 0.198. The Bertz CT molecular complexity index is 540. The second-order valence-electron chi connectivity index (χ2n) is 5.11. The first-order valence-electron chi connectivity index (χ1n) is 8.18. The molecule has 2 N–H and O–H groups in total. The number of phenols is 1. The maximum atomic E-state index is 11.4. The van der Waals surface area contributed by atoms with E-state index >= 15 is 0 Å². The molecule has 0 aromatic heterocycles. The molecule has 0 spiro atoms. The van der Waals surface area contributed by atoms with Gasteiger partial charge in [-0.2, -0.15) is 0 Å². The molecule has 1 aliphatic carbocycles. The van der Waals surface area contributed by atoms with Crippen LogP contribution in [0.5, 0.6) is 5.75 Å². The van der Waals surface area contributed by atoms with E-state index in [1.54, 1.807) is 23.1 Å². The van der Waals surface area contributed by atoms with Crippen LogP contribution in [0.1, 0.15) is 35.3 Å². The molecule has 0 aliphatic heterocycles. The molecule has 3 nitrogen and oxygen atoms in total. The maximum Gasteiger partial charge on any atom is 0.293 e. The Morgan fingerprint density at radius 3 is 3.11 bits per heavy atom. The Morgan fingerprint density at radius 1 is 1.56 bits per heavy atom. The highest BCUT2D eigenvalue weighted by Gasteiger charge is 2.40. The third kappa shape index (κ3) is 2.68. The molecule has 2 rings (SSSR count). The Balaban J connectivity index is 2.59. The van der Waals surface area contributed by atoms with E-state index in [2.05, 4.69) is 5.11 Å². The predicted octanol–water partition coefficient (Wildman–Crippen LogP) is 2.33. The van der Waals surface area contributed by atoms with Crippen LogP contribution in [0.4, 0.5) is 0 Å². The van der Waals surface area contributed by atoms with Crippen molar-refractivity contribution >= 4 is 0 Å². The van der Waals surface area contributed by atoms with E-state index in [0.29, 0.717) is 18.4 Å². The summed E-state index contributed by atoms with van der Waals surface area (Å²) in [6.45, 7) is 0.245. The minimum atomic E-state index is -1.96. The van der Waals surface area contributed by atoms with Crippen molar-refractivity contribution in [2.45, 2.75) is 31.2 Å². The van der Waals surface area contributed by atoms with Crippen molar-refractivity contribution in [1.82, 2.24) is 4.90 Å². The lowest BCUT2D eigenvalue weighted by Gasteiger charge is -2.41. The number of rotatable bonds is 4. The topological polar surface area (TPSA) is 43.7 Å². The second-order valence-corrected chi connectivity index (χ2v) is 5.11. The summed E-state index contributed by atoms with van der Waals surface area (Å²) in [5.41, 5.74) is -1.67. The molecule has 3 heteroatoms. The van der Waals surface area contributed by atoms with E-state index in [9.17, 15) is 5.11 Å². The van der Waals surface area contributed by atoms with Gasteiger partial charge >= 0.3 is 0 Å². The summed E-state index contributed by atoms with van der Waals surface area (Å²) in [6.07, 6.45) is -0.762. The lowest BCUT2D eigenvalue weighted by molar-refractivity contribution is -0.0619. The standard InChI is InChI=1S/C15H23NO2/c1-16(2)11-13-6-3-4-9-15(13,18)12-7-5-8-14(17)10-12/h5,7-8,10,13,17-18H,3-4,6,9,11H2,1-2H3/t13-,15+/m0/s1/i9D2,13D/hD. The zero-order valence-corrected chi connectivity index (χ0v) is 10.9. The average Bonchev–Trinajstić information content (AvgIpc) is 2.43. The fraction of sp³-hybridized carbons (Fsp3) is 0.600. The number of hydrogen-bond donors (Lipinski definition) is 2. The minimum Gasteiger partial charge on any atom is -0.508 e. The van der Waals surface area contributed by atoms with Crippen LogP contribution in [0, 0.1) is 5.89 Å². The van der Waals surface area contributed by atoms with Crippen molar-refractivity contribution in [3.05, 3.63) is 29.8 Å². The maximum absolute atomic E-state index is 11.4. The van der Waals surface area contributed by atoms with Gasteiger partial charge < -0.3 is 15.1 Å². The number of aromatic hydroxyl groups is 1. The van der Waals surface area contributed by atoms with E-state index in [4.69, 9.17) is 5.54 Å². The molecule has 0 saturated heterocycles. The summed E-state index contributed by atoms with van der Waals surface area (Å²) < 4.78 is 32.5. The molecule has 1 aliphatic rings. The average molecular weight is 253 g/mol. The molecule has 0 heterocycles. The highest BCUT2D eigenvalue weighted by molar-refractivity contribution is 5.32. The van der Waals surface area contributed by atoms with Crippen LogP contribution < -0.4 is 0 Å². The monoisotopic (exact) mass is 253 g/mol. The fourth-order valence-electron chi connectivity index (χ4n) is 2.48. The van der Waals surface area contributed by atoms with Crippen LogP contribution in [-0.2, 0) is 5.60 Å². The van der Waals surface area contributed by atoms with Gasteiger partial charge in [0.15, 0.2) is 0 Å². The van der Waals surface area contributed by atoms with Gasteiger partial charge in [0.1, 0.15) is 5.75 Å². The highest BCUT2D eigenvalue weighted by atomic mass is 16.3. The molecule has 0 bridgehead atoms. The van der Waals surface area contributed by atoms with E-state index in [0.717, 1.165) is 0 Å². The lowest BCUT2D eigenvalue weighted by Crippen LogP contribution is -2.43. The number of nitrogens with zero attached hydrogens (tertiary/aromatic N) is 1. The zero-order chi connectivity index (χ0) is 16.6. The summed E-state index contributed by atoms with van der Waals surface area (Å²) in [7, 11) is 3.62. The Hall–Kier alpha value is -1.06. The number of hydrogen-bond acceptors (Lipinski definition) is 3. The molecular weight excluding hydrogens is 226 g/mol. The van der Waals surface area contributed by atoms with Crippen LogP contribution in [0.25, 0.3) is 0 Å². The first kappa shape index (κ1) is 8.94. The molecule has 1 aromatic rings. The molecule has 1 fully saturated rings. The van der Waals surface area contributed by atoms with Gasteiger partial charge in [0.25, 0.3) is 1.43 Å². The molecule has 0 unspecified atom stereocenters. The molecule has 100 valence electrons. The van der Waals surface area contributed by atoms with Gasteiger partial charge in [0.2, 0.25) is 0 Å². The van der Waals surface area contributed by atoms with Crippen LogP contribution in [0.15, 0.2) is 24.3 Å². The third-order valence-corrected chi connectivity index (χ3v) is 3.31. The molecule has 2 atom stereocenters. The van der Waals surface area contributed by atoms with Crippen molar-refractivity contribution in [3.63, 3.8) is 0 Å². The SMILES string of the molecule is [2H]Oc1cccc([C@]2(O)C([2H])([2H])CCC[C@@]2([2H])CN(C)C)c1. The van der Waals surface area contributed by atoms with Crippen LogP contribution in [0.2, 0.25) is 0 Å². The van der Waals surface area contributed by atoms with Crippen molar-refractivity contribution < 1.29 is 14.3 Å². The summed E-state index contributed by atoms with van der Waals surface area (Å²) in [6, 6.07) is 6.23. The molecular formula is C15H23NO2. The Morgan fingerprint density at radius 2 is 2.39 bits per heavy atom. The first-order valence-corrected chi connectivity index (χ1v) is 6.27. The van der Waals surface area contributed by atoms with E-state index in [-0.39, 0.29) is 18.7 Å². The Labute approximate surface area is 115 Å².